The molecule has 52 valence electrons. The normalized spacial score (nSPS) is 12.8. The van der Waals surface area contributed by atoms with Crippen molar-refractivity contribution in [1.29, 1.82) is 0 Å². The molecule has 0 amide bonds. The number of rotatable bonds is 3. The van der Waals surface area contributed by atoms with E-state index < -0.39 is 5.24 Å². The quantitative estimate of drug-likeness (QED) is 0.441. The number of hydrogen-bond acceptors (Lipinski definition) is 1. The van der Waals surface area contributed by atoms with Crippen LogP contribution in [0.25, 0.3) is 0 Å². The van der Waals surface area contributed by atoms with Gasteiger partial charge in [0.05, 0.1) is 0 Å². The highest BCUT2D eigenvalue weighted by Crippen LogP contribution is 2.13. The third-order valence-electron chi connectivity index (χ3n) is 1.46. The second kappa shape index (κ2) is 3.67. The first-order chi connectivity index (χ1) is 4.09. The molecule has 0 aromatic carbocycles. The molecule has 9 heavy (non-hydrogen) atoms. The summed E-state index contributed by atoms with van der Waals surface area (Å²) in [5.41, 5.74) is 0.513. The molecular formula is C7H11ClO. The first kappa shape index (κ1) is 8.70. The van der Waals surface area contributed by atoms with Gasteiger partial charge in [-0.15, -0.1) is 0 Å². The van der Waals surface area contributed by atoms with Crippen molar-refractivity contribution >= 4 is 16.8 Å². The van der Waals surface area contributed by atoms with E-state index in [9.17, 15) is 4.79 Å². The third kappa shape index (κ3) is 2.66. The second-order valence-corrected chi connectivity index (χ2v) is 2.45. The summed E-state index contributed by atoms with van der Waals surface area (Å²) in [4.78, 5) is 10.4. The predicted octanol–water partition coefficient (Wildman–Crippen LogP) is 2.35. The molecule has 1 unspecified atom stereocenters. The molecule has 0 rings (SSSR count). The van der Waals surface area contributed by atoms with Crippen molar-refractivity contribution in [3.8, 4) is 0 Å². The fraction of sp³-hybridized carbons (Fsp3) is 0.571. The van der Waals surface area contributed by atoms with Crippen molar-refractivity contribution in [3.05, 3.63) is 12.2 Å². The van der Waals surface area contributed by atoms with Gasteiger partial charge >= 0.3 is 0 Å². The summed E-state index contributed by atoms with van der Waals surface area (Å²) in [7, 11) is 0. The lowest BCUT2D eigenvalue weighted by atomic mass is 10.0. The van der Waals surface area contributed by atoms with Crippen LogP contribution in [0.3, 0.4) is 0 Å². The maximum absolute atomic E-state index is 10.4. The Morgan fingerprint density at radius 3 is 2.33 bits per heavy atom. The van der Waals surface area contributed by atoms with Gasteiger partial charge < -0.3 is 0 Å². The molecular weight excluding hydrogens is 136 g/mol. The summed E-state index contributed by atoms with van der Waals surface area (Å²) in [6, 6.07) is 0. The van der Waals surface area contributed by atoms with Gasteiger partial charge in [-0.1, -0.05) is 20.4 Å². The van der Waals surface area contributed by atoms with Crippen molar-refractivity contribution in [2.45, 2.75) is 20.3 Å². The molecule has 0 spiro atoms. The molecule has 0 bridgehead atoms. The van der Waals surface area contributed by atoms with Crippen molar-refractivity contribution in [2.24, 2.45) is 5.92 Å². The Hall–Kier alpha value is -0.300. The van der Waals surface area contributed by atoms with Crippen molar-refractivity contribution in [2.75, 3.05) is 0 Å². The molecule has 1 atom stereocenters. The number of carbonyl (C=O) groups excluding carboxylic acids is 1. The van der Waals surface area contributed by atoms with E-state index in [-0.39, 0.29) is 5.92 Å². The number of hydrogen-bond donors (Lipinski definition) is 0. The summed E-state index contributed by atoms with van der Waals surface area (Å²) in [6.45, 7) is 7.47. The molecule has 0 aromatic rings. The van der Waals surface area contributed by atoms with Gasteiger partial charge in [0.15, 0.2) is 0 Å². The lowest BCUT2D eigenvalue weighted by molar-refractivity contribution is -0.109. The summed E-state index contributed by atoms with van der Waals surface area (Å²) < 4.78 is 0. The Morgan fingerprint density at radius 2 is 2.22 bits per heavy atom. The minimum absolute atomic E-state index is 0.218. The van der Waals surface area contributed by atoms with E-state index >= 15 is 0 Å². The molecule has 0 saturated heterocycles. The third-order valence-corrected chi connectivity index (χ3v) is 1.70. The van der Waals surface area contributed by atoms with E-state index in [0.717, 1.165) is 6.42 Å². The number of carbonyl (C=O) groups is 1. The van der Waals surface area contributed by atoms with Gasteiger partial charge in [0.1, 0.15) is 0 Å². The molecule has 0 N–H and O–H groups in total. The van der Waals surface area contributed by atoms with Gasteiger partial charge in [-0.2, -0.15) is 0 Å². The maximum Gasteiger partial charge on any atom is 0.248 e. The van der Waals surface area contributed by atoms with Crippen LogP contribution in [0.1, 0.15) is 20.3 Å². The van der Waals surface area contributed by atoms with Crippen LogP contribution in [-0.2, 0) is 4.79 Å². The van der Waals surface area contributed by atoms with E-state index in [1.54, 1.807) is 0 Å². The molecule has 0 aliphatic carbocycles. The van der Waals surface area contributed by atoms with Gasteiger partial charge in [0, 0.05) is 5.57 Å². The monoisotopic (exact) mass is 146 g/mol. The summed E-state index contributed by atoms with van der Waals surface area (Å²) >= 11 is 5.16. The lowest BCUT2D eigenvalue weighted by Gasteiger charge is -2.05. The molecule has 0 saturated carbocycles. The van der Waals surface area contributed by atoms with Gasteiger partial charge in [-0.25, -0.2) is 0 Å². The van der Waals surface area contributed by atoms with E-state index in [1.807, 2.05) is 13.8 Å². The summed E-state index contributed by atoms with van der Waals surface area (Å²) in [6.07, 6.45) is 0.914. The summed E-state index contributed by atoms with van der Waals surface area (Å²) in [5, 5.41) is -0.413. The van der Waals surface area contributed by atoms with Gasteiger partial charge in [0.2, 0.25) is 5.24 Å². The van der Waals surface area contributed by atoms with Gasteiger partial charge in [-0.05, 0) is 23.9 Å². The average Bonchev–Trinajstić information content (AvgIpc) is 1.84. The van der Waals surface area contributed by atoms with Gasteiger partial charge in [-0.3, -0.25) is 4.79 Å². The van der Waals surface area contributed by atoms with Crippen LogP contribution in [0, 0.1) is 5.92 Å². The van der Waals surface area contributed by atoms with E-state index in [0.29, 0.717) is 5.57 Å². The molecule has 0 radical (unpaired) electrons. The van der Waals surface area contributed by atoms with Crippen LogP contribution < -0.4 is 0 Å². The Kier molecular flexibility index (Phi) is 3.55. The largest absolute Gasteiger partial charge is 0.276 e. The van der Waals surface area contributed by atoms with Crippen molar-refractivity contribution < 1.29 is 4.79 Å². The van der Waals surface area contributed by atoms with E-state index in [2.05, 4.69) is 6.58 Å². The lowest BCUT2D eigenvalue weighted by Crippen LogP contribution is -2.02. The maximum atomic E-state index is 10.4. The zero-order valence-corrected chi connectivity index (χ0v) is 6.53. The molecule has 0 aliphatic rings. The van der Waals surface area contributed by atoms with Crippen LogP contribution in [0.2, 0.25) is 0 Å². The van der Waals surface area contributed by atoms with Crippen molar-refractivity contribution in [1.82, 2.24) is 0 Å². The minimum Gasteiger partial charge on any atom is -0.276 e. The van der Waals surface area contributed by atoms with Crippen LogP contribution in [0.4, 0.5) is 0 Å². The molecule has 2 heteroatoms. The highest BCUT2D eigenvalue weighted by atomic mass is 35.5. The second-order valence-electron chi connectivity index (χ2n) is 2.11. The summed E-state index contributed by atoms with van der Waals surface area (Å²) in [5.74, 6) is 0.218. The topological polar surface area (TPSA) is 17.1 Å². The fourth-order valence-electron chi connectivity index (χ4n) is 0.440. The van der Waals surface area contributed by atoms with Crippen molar-refractivity contribution in [3.63, 3.8) is 0 Å². The Bertz CT molecular complexity index is 129. The predicted molar refractivity (Wildman–Crippen MR) is 39.5 cm³/mol. The Morgan fingerprint density at radius 1 is 1.78 bits per heavy atom. The number of halogens is 1. The van der Waals surface area contributed by atoms with E-state index in [4.69, 9.17) is 11.6 Å². The SMILES string of the molecule is C=C(C(=O)Cl)C(C)CC. The average molecular weight is 147 g/mol. The first-order valence-corrected chi connectivity index (χ1v) is 3.36. The highest BCUT2D eigenvalue weighted by molar-refractivity contribution is 6.67. The molecule has 0 aromatic heterocycles. The van der Waals surface area contributed by atoms with E-state index in [1.165, 1.54) is 0 Å². The fourth-order valence-corrected chi connectivity index (χ4v) is 0.626. The molecule has 0 fully saturated rings. The van der Waals surface area contributed by atoms with Crippen LogP contribution >= 0.6 is 11.6 Å². The number of allylic oxidation sites excluding steroid dienone is 1. The van der Waals surface area contributed by atoms with Crippen LogP contribution in [0.15, 0.2) is 12.2 Å². The Balaban J connectivity index is 3.88. The Labute approximate surface area is 60.7 Å². The standard InChI is InChI=1S/C7H11ClO/c1-4-5(2)6(3)7(8)9/h5H,3-4H2,1-2H3. The van der Waals surface area contributed by atoms with Crippen LogP contribution in [0.5, 0.6) is 0 Å². The highest BCUT2D eigenvalue weighted by Gasteiger charge is 2.08. The minimum atomic E-state index is -0.413. The molecule has 0 aliphatic heterocycles. The molecule has 1 nitrogen and oxygen atoms in total. The van der Waals surface area contributed by atoms with Gasteiger partial charge in [0.25, 0.3) is 0 Å². The molecule has 0 heterocycles. The smallest absolute Gasteiger partial charge is 0.248 e. The first-order valence-electron chi connectivity index (χ1n) is 2.98. The zero-order valence-electron chi connectivity index (χ0n) is 5.78. The van der Waals surface area contributed by atoms with Crippen LogP contribution in [-0.4, -0.2) is 5.24 Å². The zero-order chi connectivity index (χ0) is 7.44.